The number of aromatic carboxylic acids is 1. The molecule has 0 saturated heterocycles. The van der Waals surface area contributed by atoms with E-state index in [0.29, 0.717) is 11.4 Å². The molecule has 0 spiro atoms. The molecule has 1 aromatic heterocycles. The molecule has 3 N–H and O–H groups in total. The minimum atomic E-state index is -1.25. The number of aromatic nitrogens is 1. The van der Waals surface area contributed by atoms with Gasteiger partial charge in [-0.05, 0) is 13.0 Å². The highest BCUT2D eigenvalue weighted by Crippen LogP contribution is 2.26. The molecular formula is C15H15NO4. The molecule has 0 saturated carbocycles. The number of rotatable bonds is 4. The number of carboxylic acids is 1. The largest absolute Gasteiger partial charge is 0.478 e. The number of aryl methyl sites for hydroxylation is 1. The summed E-state index contributed by atoms with van der Waals surface area (Å²) in [5.41, 5.74) is 1.80. The molecule has 104 valence electrons. The summed E-state index contributed by atoms with van der Waals surface area (Å²) >= 11 is 0. The van der Waals surface area contributed by atoms with Crippen LogP contribution in [0.25, 0.3) is 11.3 Å². The van der Waals surface area contributed by atoms with Crippen molar-refractivity contribution in [3.05, 3.63) is 53.2 Å². The van der Waals surface area contributed by atoms with Gasteiger partial charge < -0.3 is 15.3 Å². The standard InChI is InChI=1S/C15H15NO4/c1-9-14(15(19)20)11(13(18)8-17)7-12(16-9)10-5-3-2-4-6-10/h2-7,13,17-18H,8H2,1H3,(H,19,20). The molecule has 0 radical (unpaired) electrons. The molecule has 5 nitrogen and oxygen atoms in total. The Kier molecular flexibility index (Phi) is 4.12. The van der Waals surface area contributed by atoms with Gasteiger partial charge in [-0.2, -0.15) is 0 Å². The van der Waals surface area contributed by atoms with Gasteiger partial charge in [0, 0.05) is 11.1 Å². The van der Waals surface area contributed by atoms with E-state index in [-0.39, 0.29) is 11.1 Å². The summed E-state index contributed by atoms with van der Waals surface area (Å²) in [6.07, 6.45) is -1.25. The third-order valence-electron chi connectivity index (χ3n) is 3.05. The number of carboxylic acid groups (broad SMARTS) is 1. The maximum Gasteiger partial charge on any atom is 0.337 e. The average Bonchev–Trinajstić information content (AvgIpc) is 2.46. The number of carbonyl (C=O) groups is 1. The van der Waals surface area contributed by atoms with E-state index in [9.17, 15) is 15.0 Å². The van der Waals surface area contributed by atoms with Crippen LogP contribution in [0, 0.1) is 6.92 Å². The molecule has 0 fully saturated rings. The van der Waals surface area contributed by atoms with Crippen LogP contribution in [0.2, 0.25) is 0 Å². The Labute approximate surface area is 116 Å². The van der Waals surface area contributed by atoms with Crippen LogP contribution in [-0.4, -0.2) is 32.9 Å². The molecule has 1 atom stereocenters. The zero-order chi connectivity index (χ0) is 14.7. The van der Waals surface area contributed by atoms with E-state index in [4.69, 9.17) is 5.11 Å². The van der Waals surface area contributed by atoms with Gasteiger partial charge in [0.15, 0.2) is 0 Å². The molecule has 1 heterocycles. The first-order valence-electron chi connectivity index (χ1n) is 6.13. The maximum absolute atomic E-state index is 11.3. The molecule has 0 aliphatic rings. The lowest BCUT2D eigenvalue weighted by Gasteiger charge is -2.15. The molecule has 1 unspecified atom stereocenters. The summed E-state index contributed by atoms with van der Waals surface area (Å²) in [4.78, 5) is 15.5. The number of nitrogens with zero attached hydrogens (tertiary/aromatic N) is 1. The van der Waals surface area contributed by atoms with Crippen molar-refractivity contribution in [1.82, 2.24) is 4.98 Å². The van der Waals surface area contributed by atoms with E-state index in [2.05, 4.69) is 4.98 Å². The van der Waals surface area contributed by atoms with Crippen molar-refractivity contribution in [2.24, 2.45) is 0 Å². The first-order valence-corrected chi connectivity index (χ1v) is 6.13. The molecule has 20 heavy (non-hydrogen) atoms. The van der Waals surface area contributed by atoms with Gasteiger partial charge in [-0.15, -0.1) is 0 Å². The Balaban J connectivity index is 2.64. The van der Waals surface area contributed by atoms with Crippen LogP contribution in [0.15, 0.2) is 36.4 Å². The third-order valence-corrected chi connectivity index (χ3v) is 3.05. The topological polar surface area (TPSA) is 90.7 Å². The number of aliphatic hydroxyl groups is 2. The van der Waals surface area contributed by atoms with Gasteiger partial charge >= 0.3 is 5.97 Å². The first kappa shape index (κ1) is 14.2. The smallest absolute Gasteiger partial charge is 0.337 e. The predicted octanol–water partition coefficient (Wildman–Crippen LogP) is 1.78. The lowest BCUT2D eigenvalue weighted by atomic mass is 9.98. The molecule has 1 aromatic carbocycles. The highest BCUT2D eigenvalue weighted by molar-refractivity contribution is 5.91. The normalized spacial score (nSPS) is 12.2. The van der Waals surface area contributed by atoms with E-state index in [1.54, 1.807) is 6.92 Å². The fourth-order valence-corrected chi connectivity index (χ4v) is 2.09. The Hall–Kier alpha value is -2.24. The fraction of sp³-hybridized carbons (Fsp3) is 0.200. The van der Waals surface area contributed by atoms with E-state index in [0.717, 1.165) is 5.56 Å². The number of hydrogen-bond donors (Lipinski definition) is 3. The van der Waals surface area contributed by atoms with E-state index >= 15 is 0 Å². The van der Waals surface area contributed by atoms with Gasteiger partial charge in [-0.1, -0.05) is 30.3 Å². The summed E-state index contributed by atoms with van der Waals surface area (Å²) in [5.74, 6) is -1.17. The minimum Gasteiger partial charge on any atom is -0.478 e. The minimum absolute atomic E-state index is 0.0637. The highest BCUT2D eigenvalue weighted by atomic mass is 16.4. The Morgan fingerprint density at radius 3 is 2.50 bits per heavy atom. The van der Waals surface area contributed by atoms with Crippen LogP contribution >= 0.6 is 0 Å². The predicted molar refractivity (Wildman–Crippen MR) is 73.4 cm³/mol. The molecule has 2 rings (SSSR count). The number of benzene rings is 1. The molecule has 2 aromatic rings. The second kappa shape index (κ2) is 5.81. The van der Waals surface area contributed by atoms with Crippen molar-refractivity contribution in [1.29, 1.82) is 0 Å². The maximum atomic E-state index is 11.3. The van der Waals surface area contributed by atoms with Crippen LogP contribution in [0.4, 0.5) is 0 Å². The lowest BCUT2D eigenvalue weighted by molar-refractivity contribution is 0.0672. The van der Waals surface area contributed by atoms with Crippen molar-refractivity contribution >= 4 is 5.97 Å². The van der Waals surface area contributed by atoms with Gasteiger partial charge in [0.2, 0.25) is 0 Å². The molecule has 0 amide bonds. The SMILES string of the molecule is Cc1nc(-c2ccccc2)cc(C(O)CO)c1C(=O)O. The van der Waals surface area contributed by atoms with Gasteiger partial charge in [-0.3, -0.25) is 4.98 Å². The van der Waals surface area contributed by atoms with Crippen LogP contribution < -0.4 is 0 Å². The summed E-state index contributed by atoms with van der Waals surface area (Å²) in [5, 5.41) is 28.1. The Morgan fingerprint density at radius 2 is 1.95 bits per heavy atom. The van der Waals surface area contributed by atoms with Crippen LogP contribution in [-0.2, 0) is 0 Å². The van der Waals surface area contributed by atoms with Gasteiger partial charge in [0.1, 0.15) is 6.10 Å². The zero-order valence-corrected chi connectivity index (χ0v) is 10.9. The van der Waals surface area contributed by atoms with Gasteiger partial charge in [0.25, 0.3) is 0 Å². The van der Waals surface area contributed by atoms with E-state index < -0.39 is 18.7 Å². The Bertz CT molecular complexity index is 625. The highest BCUT2D eigenvalue weighted by Gasteiger charge is 2.21. The second-order valence-corrected chi connectivity index (χ2v) is 4.43. The lowest BCUT2D eigenvalue weighted by Crippen LogP contribution is -2.13. The second-order valence-electron chi connectivity index (χ2n) is 4.43. The van der Waals surface area contributed by atoms with Crippen molar-refractivity contribution in [2.45, 2.75) is 13.0 Å². The van der Waals surface area contributed by atoms with E-state index in [1.165, 1.54) is 6.07 Å². The molecule has 5 heteroatoms. The van der Waals surface area contributed by atoms with Crippen molar-refractivity contribution in [2.75, 3.05) is 6.61 Å². The zero-order valence-electron chi connectivity index (χ0n) is 10.9. The fourth-order valence-electron chi connectivity index (χ4n) is 2.09. The third kappa shape index (κ3) is 2.68. The van der Waals surface area contributed by atoms with Crippen molar-refractivity contribution in [3.8, 4) is 11.3 Å². The molecular weight excluding hydrogens is 258 g/mol. The van der Waals surface area contributed by atoms with Crippen LogP contribution in [0.3, 0.4) is 0 Å². The van der Waals surface area contributed by atoms with Crippen molar-refractivity contribution < 1.29 is 20.1 Å². The number of hydrogen-bond acceptors (Lipinski definition) is 4. The quantitative estimate of drug-likeness (QED) is 0.790. The van der Waals surface area contributed by atoms with Crippen molar-refractivity contribution in [3.63, 3.8) is 0 Å². The van der Waals surface area contributed by atoms with E-state index in [1.807, 2.05) is 30.3 Å². The van der Waals surface area contributed by atoms with Crippen LogP contribution in [0.1, 0.15) is 27.7 Å². The number of pyridine rings is 1. The van der Waals surface area contributed by atoms with Gasteiger partial charge in [0.05, 0.1) is 23.6 Å². The summed E-state index contributed by atoms with van der Waals surface area (Å²) in [6.45, 7) is 1.03. The first-order chi connectivity index (χ1) is 9.54. The molecule has 0 aliphatic heterocycles. The molecule has 0 bridgehead atoms. The Morgan fingerprint density at radius 1 is 1.30 bits per heavy atom. The number of aliphatic hydroxyl groups excluding tert-OH is 2. The summed E-state index contributed by atoms with van der Waals surface area (Å²) < 4.78 is 0. The summed E-state index contributed by atoms with van der Waals surface area (Å²) in [6, 6.07) is 10.8. The average molecular weight is 273 g/mol. The van der Waals surface area contributed by atoms with Crippen LogP contribution in [0.5, 0.6) is 0 Å². The molecule has 0 aliphatic carbocycles. The monoisotopic (exact) mass is 273 g/mol. The van der Waals surface area contributed by atoms with Gasteiger partial charge in [-0.25, -0.2) is 4.79 Å². The summed E-state index contributed by atoms with van der Waals surface area (Å²) in [7, 11) is 0.